The second-order valence-corrected chi connectivity index (χ2v) is 5.75. The Labute approximate surface area is 124 Å². The second-order valence-electron chi connectivity index (χ2n) is 4.83. The highest BCUT2D eigenvalue weighted by molar-refractivity contribution is 9.10. The van der Waals surface area contributed by atoms with Crippen LogP contribution in [-0.4, -0.2) is 39.5 Å². The lowest BCUT2D eigenvalue weighted by Gasteiger charge is -2.30. The summed E-state index contributed by atoms with van der Waals surface area (Å²) in [6, 6.07) is 3.00. The Balaban J connectivity index is 2.06. The Morgan fingerprint density at radius 3 is 2.85 bits per heavy atom. The van der Waals surface area contributed by atoms with Crippen LogP contribution >= 0.6 is 15.9 Å². The van der Waals surface area contributed by atoms with Crippen molar-refractivity contribution in [1.82, 2.24) is 9.47 Å². The molecule has 1 aromatic heterocycles. The van der Waals surface area contributed by atoms with Gasteiger partial charge in [-0.1, -0.05) is 0 Å². The molecule has 0 saturated carbocycles. The molecule has 1 amide bonds. The molecule has 2 heterocycles. The molecule has 0 bridgehead atoms. The van der Waals surface area contributed by atoms with Gasteiger partial charge in [-0.15, -0.1) is 0 Å². The van der Waals surface area contributed by atoms with Crippen LogP contribution in [0.4, 0.5) is 0 Å². The van der Waals surface area contributed by atoms with Gasteiger partial charge in [0.25, 0.3) is 5.56 Å². The summed E-state index contributed by atoms with van der Waals surface area (Å²) in [4.78, 5) is 36.3. The number of halogens is 1. The average Bonchev–Trinajstić information content (AvgIpc) is 2.43. The van der Waals surface area contributed by atoms with Gasteiger partial charge in [0.2, 0.25) is 5.91 Å². The monoisotopic (exact) mass is 342 g/mol. The molecule has 1 N–H and O–H groups in total. The first-order chi connectivity index (χ1) is 9.47. The number of likely N-dealkylation sites (tertiary alicyclic amines) is 1. The number of hydrogen-bond donors (Lipinski definition) is 1. The lowest BCUT2D eigenvalue weighted by atomic mass is 9.98. The van der Waals surface area contributed by atoms with Crippen LogP contribution in [0.2, 0.25) is 0 Å². The molecule has 6 nitrogen and oxygen atoms in total. The number of aromatic nitrogens is 1. The van der Waals surface area contributed by atoms with Crippen LogP contribution in [-0.2, 0) is 16.1 Å². The van der Waals surface area contributed by atoms with Gasteiger partial charge in [0.1, 0.15) is 6.54 Å². The van der Waals surface area contributed by atoms with E-state index in [-0.39, 0.29) is 24.6 Å². The molecular formula is C13H15BrN2O4. The predicted octanol–water partition coefficient (Wildman–Crippen LogP) is 0.934. The quantitative estimate of drug-likeness (QED) is 0.886. The zero-order chi connectivity index (χ0) is 14.7. The minimum absolute atomic E-state index is 0.0649. The molecule has 1 atom stereocenters. The van der Waals surface area contributed by atoms with Crippen molar-refractivity contribution in [3.05, 3.63) is 33.2 Å². The summed E-state index contributed by atoms with van der Waals surface area (Å²) < 4.78 is 2.03. The molecule has 20 heavy (non-hydrogen) atoms. The average molecular weight is 343 g/mol. The Morgan fingerprint density at radius 1 is 1.40 bits per heavy atom. The maximum absolute atomic E-state index is 12.2. The fraction of sp³-hybridized carbons (Fsp3) is 0.462. The highest BCUT2D eigenvalue weighted by Gasteiger charge is 2.28. The normalized spacial score (nSPS) is 18.9. The molecule has 1 aromatic rings. The van der Waals surface area contributed by atoms with Gasteiger partial charge >= 0.3 is 5.97 Å². The van der Waals surface area contributed by atoms with Crippen LogP contribution in [0.1, 0.15) is 12.8 Å². The first kappa shape index (κ1) is 14.8. The molecule has 108 valence electrons. The fourth-order valence-electron chi connectivity index (χ4n) is 2.28. The Hall–Kier alpha value is -1.63. The van der Waals surface area contributed by atoms with E-state index >= 15 is 0 Å². The van der Waals surface area contributed by atoms with E-state index < -0.39 is 11.9 Å². The summed E-state index contributed by atoms with van der Waals surface area (Å²) in [6.07, 6.45) is 2.82. The number of rotatable bonds is 3. The van der Waals surface area contributed by atoms with E-state index in [1.807, 2.05) is 0 Å². The molecule has 0 aromatic carbocycles. The van der Waals surface area contributed by atoms with Crippen molar-refractivity contribution in [2.24, 2.45) is 5.92 Å². The Kier molecular flexibility index (Phi) is 4.59. The molecule has 0 radical (unpaired) electrons. The first-order valence-electron chi connectivity index (χ1n) is 6.34. The zero-order valence-electron chi connectivity index (χ0n) is 10.8. The van der Waals surface area contributed by atoms with E-state index in [0.29, 0.717) is 23.9 Å². The lowest BCUT2D eigenvalue weighted by Crippen LogP contribution is -2.44. The summed E-state index contributed by atoms with van der Waals surface area (Å²) in [7, 11) is 0. The summed E-state index contributed by atoms with van der Waals surface area (Å²) in [6.45, 7) is 0.701. The number of piperidine rings is 1. The largest absolute Gasteiger partial charge is 0.481 e. The van der Waals surface area contributed by atoms with Gasteiger partial charge in [0.15, 0.2) is 0 Å². The van der Waals surface area contributed by atoms with Crippen LogP contribution < -0.4 is 5.56 Å². The highest BCUT2D eigenvalue weighted by Crippen LogP contribution is 2.17. The van der Waals surface area contributed by atoms with Gasteiger partial charge < -0.3 is 14.6 Å². The summed E-state index contributed by atoms with van der Waals surface area (Å²) in [5.74, 6) is -1.61. The second kappa shape index (κ2) is 6.21. The minimum atomic E-state index is -0.873. The van der Waals surface area contributed by atoms with Crippen molar-refractivity contribution in [2.75, 3.05) is 13.1 Å². The summed E-state index contributed by atoms with van der Waals surface area (Å²) >= 11 is 3.25. The molecule has 0 unspecified atom stereocenters. The standard InChI is InChI=1S/C13H15BrN2O4/c14-10-3-4-11(17)16(7-10)8-12(18)15-5-1-2-9(6-15)13(19)20/h3-4,7,9H,1-2,5-6,8H2,(H,19,20)/t9-/m1/s1. The maximum atomic E-state index is 12.2. The molecule has 1 saturated heterocycles. The van der Waals surface area contributed by atoms with E-state index in [2.05, 4.69) is 15.9 Å². The van der Waals surface area contributed by atoms with Crippen molar-refractivity contribution >= 4 is 27.8 Å². The smallest absolute Gasteiger partial charge is 0.308 e. The number of carbonyl (C=O) groups excluding carboxylic acids is 1. The van der Waals surface area contributed by atoms with Crippen molar-refractivity contribution < 1.29 is 14.7 Å². The maximum Gasteiger partial charge on any atom is 0.308 e. The molecular weight excluding hydrogens is 328 g/mol. The molecule has 7 heteroatoms. The predicted molar refractivity (Wildman–Crippen MR) is 75.3 cm³/mol. The molecule has 1 fully saturated rings. The molecule has 2 rings (SSSR count). The van der Waals surface area contributed by atoms with Gasteiger partial charge in [-0.2, -0.15) is 0 Å². The topological polar surface area (TPSA) is 79.6 Å². The Morgan fingerprint density at radius 2 is 2.15 bits per heavy atom. The fourth-order valence-corrected chi connectivity index (χ4v) is 2.66. The number of aliphatic carboxylic acids is 1. The Bertz CT molecular complexity index is 584. The molecule has 0 spiro atoms. The van der Waals surface area contributed by atoms with Crippen LogP contribution in [0.5, 0.6) is 0 Å². The van der Waals surface area contributed by atoms with Crippen molar-refractivity contribution in [3.8, 4) is 0 Å². The lowest BCUT2D eigenvalue weighted by molar-refractivity contribution is -0.145. The number of carboxylic acid groups (broad SMARTS) is 1. The number of amides is 1. The third kappa shape index (κ3) is 3.47. The molecule has 1 aliphatic heterocycles. The van der Waals surface area contributed by atoms with E-state index in [9.17, 15) is 14.4 Å². The van der Waals surface area contributed by atoms with Gasteiger partial charge in [0.05, 0.1) is 5.92 Å². The highest BCUT2D eigenvalue weighted by atomic mass is 79.9. The number of carbonyl (C=O) groups is 2. The van der Waals surface area contributed by atoms with E-state index in [1.165, 1.54) is 15.5 Å². The van der Waals surface area contributed by atoms with Gasteiger partial charge in [0, 0.05) is 29.8 Å². The number of hydrogen-bond acceptors (Lipinski definition) is 3. The van der Waals surface area contributed by atoms with Crippen LogP contribution in [0.25, 0.3) is 0 Å². The third-order valence-electron chi connectivity index (χ3n) is 3.38. The molecule has 1 aliphatic rings. The van der Waals surface area contributed by atoms with E-state index in [4.69, 9.17) is 5.11 Å². The first-order valence-corrected chi connectivity index (χ1v) is 7.13. The SMILES string of the molecule is O=C(O)[C@@H]1CCCN(C(=O)Cn2cc(Br)ccc2=O)C1. The third-order valence-corrected chi connectivity index (χ3v) is 3.85. The van der Waals surface area contributed by atoms with Crippen LogP contribution in [0.15, 0.2) is 27.6 Å². The van der Waals surface area contributed by atoms with Crippen LogP contribution in [0, 0.1) is 5.92 Å². The number of pyridine rings is 1. The minimum Gasteiger partial charge on any atom is -0.481 e. The van der Waals surface area contributed by atoms with E-state index in [1.54, 1.807) is 12.3 Å². The van der Waals surface area contributed by atoms with Gasteiger partial charge in [-0.25, -0.2) is 0 Å². The van der Waals surface area contributed by atoms with Crippen molar-refractivity contribution in [2.45, 2.75) is 19.4 Å². The summed E-state index contributed by atoms with van der Waals surface area (Å²) in [5.41, 5.74) is -0.256. The van der Waals surface area contributed by atoms with Gasteiger partial charge in [-0.05, 0) is 34.8 Å². The molecule has 0 aliphatic carbocycles. The zero-order valence-corrected chi connectivity index (χ0v) is 12.4. The number of nitrogens with zero attached hydrogens (tertiary/aromatic N) is 2. The van der Waals surface area contributed by atoms with Crippen molar-refractivity contribution in [3.63, 3.8) is 0 Å². The van der Waals surface area contributed by atoms with E-state index in [0.717, 1.165) is 0 Å². The number of carboxylic acids is 1. The van der Waals surface area contributed by atoms with Crippen molar-refractivity contribution in [1.29, 1.82) is 0 Å². The van der Waals surface area contributed by atoms with Gasteiger partial charge in [-0.3, -0.25) is 14.4 Å². The van der Waals surface area contributed by atoms with Crippen LogP contribution in [0.3, 0.4) is 0 Å². The summed E-state index contributed by atoms with van der Waals surface area (Å²) in [5, 5.41) is 9.01.